The van der Waals surface area contributed by atoms with Crippen LogP contribution in [0.15, 0.2) is 54.6 Å². The molecule has 0 radical (unpaired) electrons. The maximum atomic E-state index is 13.1. The molecule has 0 unspecified atom stereocenters. The molecule has 0 bridgehead atoms. The van der Waals surface area contributed by atoms with Crippen LogP contribution in [-0.2, 0) is 20.6 Å². The van der Waals surface area contributed by atoms with Crippen molar-refractivity contribution in [1.82, 2.24) is 14.5 Å². The summed E-state index contributed by atoms with van der Waals surface area (Å²) in [5.74, 6) is -1.41. The van der Waals surface area contributed by atoms with E-state index in [4.69, 9.17) is 0 Å². The van der Waals surface area contributed by atoms with Crippen LogP contribution < -0.4 is 5.32 Å². The third-order valence-corrected chi connectivity index (χ3v) is 7.31. The highest BCUT2D eigenvalue weighted by Gasteiger charge is 2.33. The van der Waals surface area contributed by atoms with E-state index in [2.05, 4.69) is 5.32 Å². The fourth-order valence-corrected chi connectivity index (χ4v) is 5.11. The molecular weight excluding hydrogens is 433 g/mol. The number of carbonyl (C=O) groups is 2. The van der Waals surface area contributed by atoms with Crippen LogP contribution in [0.3, 0.4) is 0 Å². The van der Waals surface area contributed by atoms with Gasteiger partial charge in [-0.2, -0.15) is 4.31 Å². The van der Waals surface area contributed by atoms with E-state index in [1.165, 1.54) is 28.6 Å². The van der Waals surface area contributed by atoms with Crippen LogP contribution in [-0.4, -0.2) is 61.7 Å². The number of nitrogens with zero attached hydrogens (tertiary/aromatic N) is 2. The molecule has 1 N–H and O–H groups in total. The van der Waals surface area contributed by atoms with Gasteiger partial charge in [-0.1, -0.05) is 44.2 Å². The Morgan fingerprint density at radius 2 is 1.56 bits per heavy atom. The molecule has 2 aromatic rings. The highest BCUT2D eigenvalue weighted by atomic mass is 32.2. The smallest absolute Gasteiger partial charge is 0.251 e. The number of piperazine rings is 1. The Kier molecular flexibility index (Phi) is 7.63. The standard InChI is InChI=1S/C23H28FN3O4S/c1-17(2)21(25-22(28)19-8-10-20(24)11-9-19)23(29)26-12-14-27(15-13-26)32(30,31)16-18-6-4-3-5-7-18/h3-11,17,21H,12-16H2,1-2H3,(H,25,28)/t21-/m0/s1. The molecule has 9 heteroatoms. The molecule has 0 saturated carbocycles. The van der Waals surface area contributed by atoms with Crippen molar-refractivity contribution in [1.29, 1.82) is 0 Å². The molecule has 2 amide bonds. The van der Waals surface area contributed by atoms with Gasteiger partial charge in [-0.15, -0.1) is 0 Å². The maximum absolute atomic E-state index is 13.1. The normalized spacial score (nSPS) is 16.1. The molecule has 2 aromatic carbocycles. The van der Waals surface area contributed by atoms with Crippen molar-refractivity contribution in [2.24, 2.45) is 5.92 Å². The number of rotatable bonds is 7. The Hall–Kier alpha value is -2.78. The highest BCUT2D eigenvalue weighted by molar-refractivity contribution is 7.88. The average Bonchev–Trinajstić information content (AvgIpc) is 2.77. The van der Waals surface area contributed by atoms with Crippen LogP contribution in [0, 0.1) is 11.7 Å². The second kappa shape index (κ2) is 10.2. The Balaban J connectivity index is 1.60. The largest absolute Gasteiger partial charge is 0.340 e. The van der Waals surface area contributed by atoms with E-state index in [0.717, 1.165) is 5.56 Å². The number of nitrogens with one attached hydrogen (secondary N) is 1. The molecule has 0 aliphatic carbocycles. The van der Waals surface area contributed by atoms with Crippen molar-refractivity contribution in [3.8, 4) is 0 Å². The summed E-state index contributed by atoms with van der Waals surface area (Å²) in [6.45, 7) is 4.57. The van der Waals surface area contributed by atoms with Gasteiger partial charge in [-0.3, -0.25) is 9.59 Å². The predicted octanol–water partition coefficient (Wildman–Crippen LogP) is 2.25. The lowest BCUT2D eigenvalue weighted by Crippen LogP contribution is -2.57. The van der Waals surface area contributed by atoms with Gasteiger partial charge in [0.05, 0.1) is 5.75 Å². The summed E-state index contributed by atoms with van der Waals surface area (Å²) < 4.78 is 40.0. The van der Waals surface area contributed by atoms with E-state index in [0.29, 0.717) is 0 Å². The third kappa shape index (κ3) is 5.92. The molecule has 1 heterocycles. The number of hydrogen-bond donors (Lipinski definition) is 1. The minimum atomic E-state index is -3.49. The first-order valence-electron chi connectivity index (χ1n) is 10.5. The summed E-state index contributed by atoms with van der Waals surface area (Å²) >= 11 is 0. The third-order valence-electron chi connectivity index (χ3n) is 5.46. The zero-order valence-corrected chi connectivity index (χ0v) is 19.0. The zero-order valence-electron chi connectivity index (χ0n) is 18.2. The molecule has 1 atom stereocenters. The second-order valence-electron chi connectivity index (χ2n) is 8.17. The number of halogens is 1. The van der Waals surface area contributed by atoms with Crippen LogP contribution >= 0.6 is 0 Å². The summed E-state index contributed by atoms with van der Waals surface area (Å²) in [5, 5.41) is 2.74. The van der Waals surface area contributed by atoms with E-state index in [-0.39, 0.29) is 49.3 Å². The molecule has 32 heavy (non-hydrogen) atoms. The van der Waals surface area contributed by atoms with Crippen molar-refractivity contribution >= 4 is 21.8 Å². The van der Waals surface area contributed by atoms with E-state index in [1.54, 1.807) is 29.2 Å². The Bertz CT molecular complexity index is 1030. The fraction of sp³-hybridized carbons (Fsp3) is 0.391. The minimum Gasteiger partial charge on any atom is -0.340 e. The lowest BCUT2D eigenvalue weighted by Gasteiger charge is -2.36. The summed E-state index contributed by atoms with van der Waals surface area (Å²) in [5.41, 5.74) is 0.982. The van der Waals surface area contributed by atoms with Crippen molar-refractivity contribution in [2.75, 3.05) is 26.2 Å². The van der Waals surface area contributed by atoms with Gasteiger partial charge in [0.15, 0.2) is 0 Å². The van der Waals surface area contributed by atoms with Gasteiger partial charge in [-0.05, 0) is 35.7 Å². The van der Waals surface area contributed by atoms with Crippen LogP contribution in [0.1, 0.15) is 29.8 Å². The quantitative estimate of drug-likeness (QED) is 0.685. The van der Waals surface area contributed by atoms with Crippen LogP contribution in [0.2, 0.25) is 0 Å². The topological polar surface area (TPSA) is 86.8 Å². The molecule has 0 spiro atoms. The van der Waals surface area contributed by atoms with E-state index >= 15 is 0 Å². The van der Waals surface area contributed by atoms with Gasteiger partial charge in [0, 0.05) is 31.7 Å². The van der Waals surface area contributed by atoms with Gasteiger partial charge in [-0.25, -0.2) is 12.8 Å². The first kappa shape index (κ1) is 23.9. The van der Waals surface area contributed by atoms with Gasteiger partial charge in [0.2, 0.25) is 15.9 Å². The molecule has 3 rings (SSSR count). The fourth-order valence-electron chi connectivity index (χ4n) is 3.60. The van der Waals surface area contributed by atoms with Gasteiger partial charge in [0.1, 0.15) is 11.9 Å². The molecule has 1 fully saturated rings. The van der Waals surface area contributed by atoms with E-state index < -0.39 is 27.8 Å². The predicted molar refractivity (Wildman–Crippen MR) is 120 cm³/mol. The zero-order chi connectivity index (χ0) is 23.3. The molecule has 1 aliphatic heterocycles. The van der Waals surface area contributed by atoms with Crippen molar-refractivity contribution < 1.29 is 22.4 Å². The molecule has 7 nitrogen and oxygen atoms in total. The van der Waals surface area contributed by atoms with Crippen LogP contribution in [0.5, 0.6) is 0 Å². The Morgan fingerprint density at radius 1 is 0.969 bits per heavy atom. The van der Waals surface area contributed by atoms with Crippen molar-refractivity contribution in [2.45, 2.75) is 25.6 Å². The van der Waals surface area contributed by atoms with Crippen LogP contribution in [0.25, 0.3) is 0 Å². The number of sulfonamides is 1. The summed E-state index contributed by atoms with van der Waals surface area (Å²) in [4.78, 5) is 27.2. The number of hydrogen-bond acceptors (Lipinski definition) is 4. The van der Waals surface area contributed by atoms with Gasteiger partial charge in [0.25, 0.3) is 5.91 Å². The van der Waals surface area contributed by atoms with Gasteiger partial charge < -0.3 is 10.2 Å². The molecular formula is C23H28FN3O4S. The number of amides is 2. The SMILES string of the molecule is CC(C)[C@H](NC(=O)c1ccc(F)cc1)C(=O)N1CCN(S(=O)(=O)Cc2ccccc2)CC1. The van der Waals surface area contributed by atoms with Gasteiger partial charge >= 0.3 is 0 Å². The van der Waals surface area contributed by atoms with Crippen LogP contribution in [0.4, 0.5) is 4.39 Å². The lowest BCUT2D eigenvalue weighted by atomic mass is 10.0. The molecule has 172 valence electrons. The van der Waals surface area contributed by atoms with Crippen molar-refractivity contribution in [3.63, 3.8) is 0 Å². The Labute approximate surface area is 188 Å². The first-order valence-corrected chi connectivity index (χ1v) is 12.2. The highest BCUT2D eigenvalue weighted by Crippen LogP contribution is 2.16. The second-order valence-corrected chi connectivity index (χ2v) is 10.1. The summed E-state index contributed by atoms with van der Waals surface area (Å²) in [7, 11) is -3.49. The molecule has 0 aromatic heterocycles. The van der Waals surface area contributed by atoms with E-state index in [9.17, 15) is 22.4 Å². The first-order chi connectivity index (χ1) is 15.2. The molecule has 1 aliphatic rings. The van der Waals surface area contributed by atoms with E-state index in [1.807, 2.05) is 19.9 Å². The summed E-state index contributed by atoms with van der Waals surface area (Å²) in [6.07, 6.45) is 0. The summed E-state index contributed by atoms with van der Waals surface area (Å²) in [6, 6.07) is 13.3. The molecule has 1 saturated heterocycles. The lowest BCUT2D eigenvalue weighted by molar-refractivity contribution is -0.135. The van der Waals surface area contributed by atoms with Crippen molar-refractivity contribution in [3.05, 3.63) is 71.5 Å². The average molecular weight is 462 g/mol. The maximum Gasteiger partial charge on any atom is 0.251 e. The number of carbonyl (C=O) groups excluding carboxylic acids is 2. The monoisotopic (exact) mass is 461 g/mol. The Morgan fingerprint density at radius 3 is 2.12 bits per heavy atom. The minimum absolute atomic E-state index is 0.0792. The number of benzene rings is 2.